The maximum absolute atomic E-state index is 13.3. The van der Waals surface area contributed by atoms with Crippen molar-refractivity contribution in [1.82, 2.24) is 14.8 Å². The third kappa shape index (κ3) is 4.28. The van der Waals surface area contributed by atoms with E-state index in [1.54, 1.807) is 6.92 Å². The minimum Gasteiger partial charge on any atom is -0.320 e. The number of rotatable bonds is 3. The fourth-order valence-corrected chi connectivity index (χ4v) is 3.36. The second kappa shape index (κ2) is 8.58. The molecule has 0 saturated carbocycles. The van der Waals surface area contributed by atoms with Gasteiger partial charge in [-0.3, -0.25) is 19.3 Å². The summed E-state index contributed by atoms with van der Waals surface area (Å²) in [5.74, 6) is -1.92. The van der Waals surface area contributed by atoms with Gasteiger partial charge in [0.05, 0.1) is 41.4 Å². The lowest BCUT2D eigenvalue weighted by molar-refractivity contribution is -0.137. The van der Waals surface area contributed by atoms with Crippen molar-refractivity contribution in [3.8, 4) is 0 Å². The topological polar surface area (TPSA) is 80.1 Å². The Labute approximate surface area is 185 Å². The van der Waals surface area contributed by atoms with Crippen molar-refractivity contribution in [3.63, 3.8) is 0 Å². The molecule has 0 unspecified atom stereocenters. The number of carbonyl (C=O) groups excluding carboxylic acids is 2. The van der Waals surface area contributed by atoms with Crippen LogP contribution in [0.15, 0.2) is 48.9 Å². The Morgan fingerprint density at radius 2 is 1.84 bits per heavy atom. The molecule has 2 amide bonds. The van der Waals surface area contributed by atoms with E-state index in [1.165, 1.54) is 34.1 Å². The quantitative estimate of drug-likeness (QED) is 0.579. The minimum absolute atomic E-state index is 0. The summed E-state index contributed by atoms with van der Waals surface area (Å²) in [6.45, 7) is 1.92. The van der Waals surface area contributed by atoms with Crippen molar-refractivity contribution in [2.45, 2.75) is 19.1 Å². The number of amides is 2. The molecule has 0 aliphatic carbocycles. The molecule has 1 aromatic carbocycles. The Balaban J connectivity index is 0.00000289. The number of benzene rings is 1. The zero-order chi connectivity index (χ0) is 22.3. The van der Waals surface area contributed by atoms with E-state index in [1.807, 2.05) is 0 Å². The van der Waals surface area contributed by atoms with E-state index in [4.69, 9.17) is 0 Å². The van der Waals surface area contributed by atoms with E-state index >= 15 is 0 Å². The van der Waals surface area contributed by atoms with Gasteiger partial charge in [0.15, 0.2) is 0 Å². The molecule has 1 N–H and O–H groups in total. The molecular formula is C20H16ClF4N5O2. The van der Waals surface area contributed by atoms with Crippen LogP contribution in [0.2, 0.25) is 0 Å². The van der Waals surface area contributed by atoms with Crippen LogP contribution in [0.3, 0.4) is 0 Å². The Morgan fingerprint density at radius 1 is 1.16 bits per heavy atom. The highest BCUT2D eigenvalue weighted by molar-refractivity contribution is 6.15. The largest absolute Gasteiger partial charge is 0.416 e. The minimum atomic E-state index is -4.49. The van der Waals surface area contributed by atoms with Crippen molar-refractivity contribution in [3.05, 3.63) is 71.6 Å². The van der Waals surface area contributed by atoms with E-state index in [0.717, 1.165) is 24.4 Å². The number of hydrogen-bond donors (Lipinski definition) is 1. The maximum Gasteiger partial charge on any atom is 0.416 e. The summed E-state index contributed by atoms with van der Waals surface area (Å²) in [7, 11) is 0. The number of carbonyl (C=O) groups is 2. The average molecular weight is 470 g/mol. The molecule has 1 atom stereocenters. The lowest BCUT2D eigenvalue weighted by Crippen LogP contribution is -2.43. The standard InChI is InChI=1S/C20H15F4N5O2.ClH/c1-11-10-28(15-4-2-12(3-5-15)20(22,23)24)19(31)17-16(9-26-29(11)17)18(30)27-14-6-13(21)7-25-8-14;/h2-9,11H,10H2,1H3,(H,27,30);1H/t11-;/m0./s1. The predicted molar refractivity (Wildman–Crippen MR) is 109 cm³/mol. The number of halogens is 5. The van der Waals surface area contributed by atoms with Gasteiger partial charge in [0.1, 0.15) is 11.5 Å². The van der Waals surface area contributed by atoms with E-state index in [2.05, 4.69) is 15.4 Å². The summed E-state index contributed by atoms with van der Waals surface area (Å²) in [4.78, 5) is 30.8. The van der Waals surface area contributed by atoms with Crippen molar-refractivity contribution in [2.24, 2.45) is 0 Å². The van der Waals surface area contributed by atoms with E-state index < -0.39 is 29.4 Å². The fraction of sp³-hybridized carbons (Fsp3) is 0.200. The molecule has 7 nitrogen and oxygen atoms in total. The average Bonchev–Trinajstić information content (AvgIpc) is 3.16. The number of aromatic nitrogens is 3. The molecule has 12 heteroatoms. The number of fused-ring (bicyclic) bond motifs is 1. The monoisotopic (exact) mass is 469 g/mol. The summed E-state index contributed by atoms with van der Waals surface area (Å²) in [5, 5.41) is 6.57. The van der Waals surface area contributed by atoms with Gasteiger partial charge in [0, 0.05) is 18.3 Å². The SMILES string of the molecule is C[C@H]1CN(c2ccc(C(F)(F)F)cc2)C(=O)c2c(C(=O)Nc3cncc(F)c3)cnn21.Cl. The Hall–Kier alpha value is -3.47. The molecule has 32 heavy (non-hydrogen) atoms. The molecular weight excluding hydrogens is 454 g/mol. The number of hydrogen-bond acceptors (Lipinski definition) is 4. The number of pyridine rings is 1. The number of anilines is 2. The highest BCUT2D eigenvalue weighted by Crippen LogP contribution is 2.33. The van der Waals surface area contributed by atoms with Crippen LogP contribution in [0, 0.1) is 5.82 Å². The molecule has 3 heterocycles. The molecule has 0 spiro atoms. The second-order valence-electron chi connectivity index (χ2n) is 7.01. The zero-order valence-electron chi connectivity index (χ0n) is 16.4. The molecule has 3 aromatic rings. The van der Waals surface area contributed by atoms with Gasteiger partial charge in [0.25, 0.3) is 11.8 Å². The van der Waals surface area contributed by atoms with E-state index in [-0.39, 0.29) is 47.6 Å². The summed E-state index contributed by atoms with van der Waals surface area (Å²) < 4.78 is 53.2. The smallest absolute Gasteiger partial charge is 0.320 e. The molecule has 0 bridgehead atoms. The van der Waals surface area contributed by atoms with E-state index in [0.29, 0.717) is 0 Å². The first-order chi connectivity index (χ1) is 14.6. The number of nitrogens with one attached hydrogen (secondary N) is 1. The van der Waals surface area contributed by atoms with Crippen LogP contribution in [-0.4, -0.2) is 33.1 Å². The van der Waals surface area contributed by atoms with Crippen LogP contribution in [0.4, 0.5) is 28.9 Å². The first-order valence-corrected chi connectivity index (χ1v) is 9.13. The van der Waals surface area contributed by atoms with Crippen molar-refractivity contribution in [1.29, 1.82) is 0 Å². The molecule has 2 aromatic heterocycles. The molecule has 0 radical (unpaired) electrons. The van der Waals surface area contributed by atoms with Crippen LogP contribution >= 0.6 is 12.4 Å². The van der Waals surface area contributed by atoms with Crippen LogP contribution in [0.5, 0.6) is 0 Å². The first-order valence-electron chi connectivity index (χ1n) is 9.13. The summed E-state index contributed by atoms with van der Waals surface area (Å²) in [5.41, 5.74) is -0.528. The van der Waals surface area contributed by atoms with Crippen LogP contribution in [0.1, 0.15) is 39.4 Å². The van der Waals surface area contributed by atoms with Gasteiger partial charge in [-0.05, 0) is 31.2 Å². The third-order valence-electron chi connectivity index (χ3n) is 4.82. The van der Waals surface area contributed by atoms with Crippen LogP contribution in [-0.2, 0) is 6.18 Å². The van der Waals surface area contributed by atoms with Crippen molar-refractivity contribution >= 4 is 35.6 Å². The van der Waals surface area contributed by atoms with Gasteiger partial charge in [-0.2, -0.15) is 18.3 Å². The van der Waals surface area contributed by atoms with Gasteiger partial charge in [-0.1, -0.05) is 0 Å². The van der Waals surface area contributed by atoms with Gasteiger partial charge >= 0.3 is 6.18 Å². The van der Waals surface area contributed by atoms with Crippen molar-refractivity contribution < 1.29 is 27.2 Å². The molecule has 0 saturated heterocycles. The van der Waals surface area contributed by atoms with Gasteiger partial charge < -0.3 is 10.2 Å². The lowest BCUT2D eigenvalue weighted by Gasteiger charge is -2.32. The second-order valence-corrected chi connectivity index (χ2v) is 7.01. The van der Waals surface area contributed by atoms with Gasteiger partial charge in [0.2, 0.25) is 0 Å². The van der Waals surface area contributed by atoms with Gasteiger partial charge in [-0.15, -0.1) is 12.4 Å². The predicted octanol–water partition coefficient (Wildman–Crippen LogP) is 4.33. The Kier molecular flexibility index (Phi) is 6.22. The number of alkyl halides is 3. The third-order valence-corrected chi connectivity index (χ3v) is 4.82. The lowest BCUT2D eigenvalue weighted by atomic mass is 10.1. The molecule has 0 fully saturated rings. The summed E-state index contributed by atoms with van der Waals surface area (Å²) in [6.07, 6.45) is -1.05. The van der Waals surface area contributed by atoms with E-state index in [9.17, 15) is 27.2 Å². The molecule has 4 rings (SSSR count). The zero-order valence-corrected chi connectivity index (χ0v) is 17.2. The first kappa shape index (κ1) is 23.2. The van der Waals surface area contributed by atoms with Crippen molar-refractivity contribution in [2.75, 3.05) is 16.8 Å². The van der Waals surface area contributed by atoms with Crippen LogP contribution < -0.4 is 10.2 Å². The summed E-state index contributed by atoms with van der Waals surface area (Å²) in [6, 6.07) is 4.93. The highest BCUT2D eigenvalue weighted by Gasteiger charge is 2.36. The molecule has 1 aliphatic heterocycles. The number of nitrogens with zero attached hydrogens (tertiary/aromatic N) is 4. The molecule has 168 valence electrons. The molecule has 1 aliphatic rings. The highest BCUT2D eigenvalue weighted by atomic mass is 35.5. The Morgan fingerprint density at radius 3 is 2.47 bits per heavy atom. The summed E-state index contributed by atoms with van der Waals surface area (Å²) >= 11 is 0. The Bertz CT molecular complexity index is 1160. The normalized spacial score (nSPS) is 15.7. The van der Waals surface area contributed by atoms with Gasteiger partial charge in [-0.25, -0.2) is 4.39 Å². The van der Waals surface area contributed by atoms with Crippen LogP contribution in [0.25, 0.3) is 0 Å². The maximum atomic E-state index is 13.3. The fourth-order valence-electron chi connectivity index (χ4n) is 3.36.